The molecule has 0 radical (unpaired) electrons. The Morgan fingerprint density at radius 2 is 1.95 bits per heavy atom. The second kappa shape index (κ2) is 10.1. The van der Waals surface area contributed by atoms with Crippen molar-refractivity contribution >= 4 is 5.97 Å². The molecule has 0 saturated heterocycles. The normalized spacial score (nSPS) is 16.0. The van der Waals surface area contributed by atoms with E-state index in [2.05, 4.69) is 43.1 Å². The van der Waals surface area contributed by atoms with Gasteiger partial charge in [-0.3, -0.25) is 9.69 Å². The lowest BCUT2D eigenvalue weighted by Crippen LogP contribution is -2.48. The predicted molar refractivity (Wildman–Crippen MR) is 88.6 cm³/mol. The summed E-state index contributed by atoms with van der Waals surface area (Å²) in [5.74, 6) is -0.182. The molecule has 0 aliphatic heterocycles. The average Bonchev–Trinajstić information content (AvgIpc) is 2.45. The highest BCUT2D eigenvalue weighted by atomic mass is 16.5. The van der Waals surface area contributed by atoms with Crippen LogP contribution in [-0.2, 0) is 9.53 Å². The third-order valence-electron chi connectivity index (χ3n) is 4.22. The average molecular weight is 301 g/mol. The maximum Gasteiger partial charge on any atom is 0.325 e. The molecule has 0 rings (SSSR count). The number of hydrogen-bond donors (Lipinski definition) is 1. The van der Waals surface area contributed by atoms with Crippen LogP contribution in [0.2, 0.25) is 0 Å². The number of ether oxygens (including phenoxy) is 1. The Hall–Kier alpha value is -0.650. The first-order valence-electron chi connectivity index (χ1n) is 7.96. The van der Waals surface area contributed by atoms with Crippen LogP contribution in [0.1, 0.15) is 40.0 Å². The van der Waals surface area contributed by atoms with Crippen molar-refractivity contribution in [3.05, 3.63) is 0 Å². The number of carbonyl (C=O) groups is 1. The van der Waals surface area contributed by atoms with Gasteiger partial charge in [0.15, 0.2) is 0 Å². The molecule has 0 fully saturated rings. The minimum Gasteiger partial charge on any atom is -0.468 e. The van der Waals surface area contributed by atoms with Gasteiger partial charge in [0, 0.05) is 12.6 Å². The van der Waals surface area contributed by atoms with Crippen molar-refractivity contribution in [2.75, 3.05) is 47.9 Å². The first kappa shape index (κ1) is 20.3. The van der Waals surface area contributed by atoms with Gasteiger partial charge in [0.1, 0.15) is 5.54 Å². The molecule has 21 heavy (non-hydrogen) atoms. The van der Waals surface area contributed by atoms with Gasteiger partial charge in [-0.15, -0.1) is 0 Å². The first-order chi connectivity index (χ1) is 9.80. The van der Waals surface area contributed by atoms with E-state index in [0.717, 1.165) is 38.9 Å². The van der Waals surface area contributed by atoms with E-state index in [4.69, 9.17) is 4.74 Å². The second-order valence-corrected chi connectivity index (χ2v) is 6.27. The fraction of sp³-hybridized carbons (Fsp3) is 0.938. The fourth-order valence-corrected chi connectivity index (χ4v) is 2.68. The number of nitrogens with one attached hydrogen (secondary N) is 1. The van der Waals surface area contributed by atoms with Gasteiger partial charge < -0.3 is 15.0 Å². The largest absolute Gasteiger partial charge is 0.468 e. The maximum atomic E-state index is 11.8. The molecule has 0 aromatic heterocycles. The number of rotatable bonds is 11. The minimum absolute atomic E-state index is 0.182. The van der Waals surface area contributed by atoms with E-state index in [1.54, 1.807) is 0 Å². The standard InChI is InChI=1S/C16H35N3O2/c1-8-19(14(2)13-18(5)6)12-10-9-11-16(3,17-4)15(20)21-7/h14,17H,8-13H2,1-7H3. The van der Waals surface area contributed by atoms with Crippen molar-refractivity contribution in [2.24, 2.45) is 0 Å². The lowest BCUT2D eigenvalue weighted by Gasteiger charge is -2.30. The van der Waals surface area contributed by atoms with Gasteiger partial charge in [0.2, 0.25) is 0 Å². The molecule has 0 saturated carbocycles. The molecule has 5 heteroatoms. The number of esters is 1. The fourth-order valence-electron chi connectivity index (χ4n) is 2.68. The smallest absolute Gasteiger partial charge is 0.325 e. The van der Waals surface area contributed by atoms with Gasteiger partial charge in [-0.2, -0.15) is 0 Å². The van der Waals surface area contributed by atoms with Crippen LogP contribution in [0.3, 0.4) is 0 Å². The van der Waals surface area contributed by atoms with Crippen molar-refractivity contribution < 1.29 is 9.53 Å². The molecule has 5 nitrogen and oxygen atoms in total. The zero-order chi connectivity index (χ0) is 16.5. The molecule has 0 heterocycles. The van der Waals surface area contributed by atoms with Crippen LogP contribution in [0.25, 0.3) is 0 Å². The van der Waals surface area contributed by atoms with Crippen LogP contribution in [0.5, 0.6) is 0 Å². The van der Waals surface area contributed by atoms with Crippen LogP contribution in [0, 0.1) is 0 Å². The molecule has 0 spiro atoms. The molecule has 126 valence electrons. The van der Waals surface area contributed by atoms with Gasteiger partial charge in [0.25, 0.3) is 0 Å². The van der Waals surface area contributed by atoms with Gasteiger partial charge in [0.05, 0.1) is 7.11 Å². The summed E-state index contributed by atoms with van der Waals surface area (Å²) in [7, 11) is 7.48. The van der Waals surface area contributed by atoms with Crippen molar-refractivity contribution in [2.45, 2.75) is 51.6 Å². The number of carbonyl (C=O) groups excluding carboxylic acids is 1. The van der Waals surface area contributed by atoms with Crippen molar-refractivity contribution in [1.29, 1.82) is 0 Å². The minimum atomic E-state index is -0.568. The number of likely N-dealkylation sites (N-methyl/N-ethyl adjacent to an activating group) is 3. The van der Waals surface area contributed by atoms with E-state index in [9.17, 15) is 4.79 Å². The van der Waals surface area contributed by atoms with Crippen molar-refractivity contribution in [1.82, 2.24) is 15.1 Å². The molecule has 2 atom stereocenters. The van der Waals surface area contributed by atoms with Crippen molar-refractivity contribution in [3.8, 4) is 0 Å². The van der Waals surface area contributed by atoms with E-state index >= 15 is 0 Å². The van der Waals surface area contributed by atoms with Crippen LogP contribution >= 0.6 is 0 Å². The summed E-state index contributed by atoms with van der Waals surface area (Å²) in [5, 5.41) is 3.09. The SMILES string of the molecule is CCN(CCCCC(C)(NC)C(=O)OC)C(C)CN(C)C. The summed E-state index contributed by atoms with van der Waals surface area (Å²) in [4.78, 5) is 16.5. The maximum absolute atomic E-state index is 11.8. The lowest BCUT2D eigenvalue weighted by molar-refractivity contribution is -0.148. The number of unbranched alkanes of at least 4 members (excludes halogenated alkanes) is 1. The number of hydrogen-bond acceptors (Lipinski definition) is 5. The molecule has 0 aliphatic carbocycles. The Labute approximate surface area is 131 Å². The number of nitrogens with zero attached hydrogens (tertiary/aromatic N) is 2. The Kier molecular flexibility index (Phi) is 9.83. The molecule has 1 N–H and O–H groups in total. The van der Waals surface area contributed by atoms with Gasteiger partial charge >= 0.3 is 5.97 Å². The Morgan fingerprint density at radius 1 is 1.33 bits per heavy atom. The van der Waals surface area contributed by atoms with Crippen LogP contribution < -0.4 is 5.32 Å². The van der Waals surface area contributed by atoms with E-state index < -0.39 is 5.54 Å². The molecule has 0 aliphatic rings. The highest BCUT2D eigenvalue weighted by Gasteiger charge is 2.31. The first-order valence-corrected chi connectivity index (χ1v) is 7.96. The summed E-state index contributed by atoms with van der Waals surface area (Å²) < 4.78 is 4.87. The highest BCUT2D eigenvalue weighted by molar-refractivity contribution is 5.80. The third-order valence-corrected chi connectivity index (χ3v) is 4.22. The van der Waals surface area contributed by atoms with E-state index in [-0.39, 0.29) is 5.97 Å². The lowest BCUT2D eigenvalue weighted by atomic mass is 9.95. The van der Waals surface area contributed by atoms with E-state index in [1.807, 2.05) is 14.0 Å². The molecule has 2 unspecified atom stereocenters. The van der Waals surface area contributed by atoms with Gasteiger partial charge in [-0.05, 0) is 67.3 Å². The predicted octanol–water partition coefficient (Wildman–Crippen LogP) is 1.58. The Bertz CT molecular complexity index is 297. The second-order valence-electron chi connectivity index (χ2n) is 6.27. The molecule has 0 bridgehead atoms. The van der Waals surface area contributed by atoms with Crippen molar-refractivity contribution in [3.63, 3.8) is 0 Å². The Morgan fingerprint density at radius 3 is 2.38 bits per heavy atom. The summed E-state index contributed by atoms with van der Waals surface area (Å²) in [6.45, 7) is 9.60. The topological polar surface area (TPSA) is 44.8 Å². The van der Waals surface area contributed by atoms with Gasteiger partial charge in [-0.25, -0.2) is 0 Å². The monoisotopic (exact) mass is 301 g/mol. The zero-order valence-corrected chi connectivity index (χ0v) is 15.0. The molecule has 0 aromatic carbocycles. The quantitative estimate of drug-likeness (QED) is 0.464. The summed E-state index contributed by atoms with van der Waals surface area (Å²) in [6.07, 6.45) is 2.91. The van der Waals surface area contributed by atoms with Crippen LogP contribution in [0.15, 0.2) is 0 Å². The van der Waals surface area contributed by atoms with Gasteiger partial charge in [-0.1, -0.05) is 6.92 Å². The summed E-state index contributed by atoms with van der Waals surface area (Å²) in [6, 6.07) is 0.557. The third kappa shape index (κ3) is 7.25. The molecule has 0 amide bonds. The number of methoxy groups -OCH3 is 1. The summed E-state index contributed by atoms with van der Waals surface area (Å²) in [5.41, 5.74) is -0.568. The molecular formula is C16H35N3O2. The van der Waals surface area contributed by atoms with E-state index in [1.165, 1.54) is 7.11 Å². The molecule has 0 aromatic rings. The van der Waals surface area contributed by atoms with E-state index in [0.29, 0.717) is 6.04 Å². The summed E-state index contributed by atoms with van der Waals surface area (Å²) >= 11 is 0. The van der Waals surface area contributed by atoms with Crippen LogP contribution in [0.4, 0.5) is 0 Å². The van der Waals surface area contributed by atoms with Crippen LogP contribution in [-0.4, -0.2) is 75.2 Å². The zero-order valence-electron chi connectivity index (χ0n) is 15.0. The Balaban J connectivity index is 4.19. The molecular weight excluding hydrogens is 266 g/mol. The highest BCUT2D eigenvalue weighted by Crippen LogP contribution is 2.16.